The molecule has 0 unspecified atom stereocenters. The summed E-state index contributed by atoms with van der Waals surface area (Å²) in [5, 5.41) is 21.6. The van der Waals surface area contributed by atoms with E-state index in [0.29, 0.717) is 11.1 Å². The average molecular weight is 279 g/mol. The summed E-state index contributed by atoms with van der Waals surface area (Å²) in [6.07, 6.45) is 0. The molecule has 5 heteroatoms. The molecule has 0 atom stereocenters. The van der Waals surface area contributed by atoms with Gasteiger partial charge in [-0.3, -0.25) is 0 Å². The van der Waals surface area contributed by atoms with Gasteiger partial charge in [-0.05, 0) is 54.8 Å². The highest BCUT2D eigenvalue weighted by Crippen LogP contribution is 2.26. The number of aryl methyl sites for hydroxylation is 2. The number of phenolic OH excluding ortho intramolecular Hbond substituents is 2. The molecule has 0 amide bonds. The molecular formula is C15H15F2NO2. The molecule has 0 aliphatic heterocycles. The summed E-state index contributed by atoms with van der Waals surface area (Å²) < 4.78 is 26.4. The molecule has 0 aliphatic rings. The van der Waals surface area contributed by atoms with Crippen molar-refractivity contribution >= 4 is 5.69 Å². The van der Waals surface area contributed by atoms with Crippen LogP contribution in [-0.2, 0) is 6.54 Å². The molecule has 3 nitrogen and oxygen atoms in total. The number of anilines is 1. The number of hydrogen-bond acceptors (Lipinski definition) is 3. The molecule has 2 aromatic carbocycles. The summed E-state index contributed by atoms with van der Waals surface area (Å²) >= 11 is 0. The van der Waals surface area contributed by atoms with E-state index in [-0.39, 0.29) is 12.3 Å². The summed E-state index contributed by atoms with van der Waals surface area (Å²) in [7, 11) is 0. The van der Waals surface area contributed by atoms with E-state index in [1.807, 2.05) is 6.92 Å². The van der Waals surface area contributed by atoms with Crippen molar-refractivity contribution in [1.29, 1.82) is 0 Å². The predicted molar refractivity (Wildman–Crippen MR) is 72.9 cm³/mol. The number of phenols is 2. The lowest BCUT2D eigenvalue weighted by molar-refractivity contribution is 0.395. The van der Waals surface area contributed by atoms with E-state index < -0.39 is 17.4 Å². The molecule has 106 valence electrons. The molecule has 0 aliphatic carbocycles. The lowest BCUT2D eigenvalue weighted by Gasteiger charge is -2.12. The normalized spacial score (nSPS) is 10.6. The van der Waals surface area contributed by atoms with Crippen LogP contribution in [0.5, 0.6) is 11.5 Å². The topological polar surface area (TPSA) is 52.5 Å². The van der Waals surface area contributed by atoms with Gasteiger partial charge in [0.15, 0.2) is 17.4 Å². The summed E-state index contributed by atoms with van der Waals surface area (Å²) in [6, 6.07) is 5.54. The van der Waals surface area contributed by atoms with Crippen LogP contribution in [0.2, 0.25) is 0 Å². The van der Waals surface area contributed by atoms with Gasteiger partial charge in [-0.1, -0.05) is 0 Å². The Labute approximate surface area is 115 Å². The minimum atomic E-state index is -0.986. The smallest absolute Gasteiger partial charge is 0.187 e. The van der Waals surface area contributed by atoms with E-state index in [4.69, 9.17) is 5.11 Å². The van der Waals surface area contributed by atoms with Crippen molar-refractivity contribution in [1.82, 2.24) is 0 Å². The van der Waals surface area contributed by atoms with Crippen molar-refractivity contribution in [3.05, 3.63) is 52.6 Å². The maximum atomic E-state index is 13.2. The molecule has 0 saturated heterocycles. The van der Waals surface area contributed by atoms with Crippen molar-refractivity contribution in [3.8, 4) is 11.5 Å². The first-order valence-electron chi connectivity index (χ1n) is 6.09. The van der Waals surface area contributed by atoms with Crippen LogP contribution in [-0.4, -0.2) is 10.2 Å². The molecule has 2 aromatic rings. The first-order valence-corrected chi connectivity index (χ1v) is 6.09. The zero-order valence-electron chi connectivity index (χ0n) is 11.2. The van der Waals surface area contributed by atoms with Crippen LogP contribution in [0.15, 0.2) is 24.3 Å². The summed E-state index contributed by atoms with van der Waals surface area (Å²) in [5.41, 5.74) is 2.69. The number of aromatic hydroxyl groups is 2. The van der Waals surface area contributed by atoms with Gasteiger partial charge in [0.05, 0.1) is 0 Å². The number of benzene rings is 2. The molecule has 0 aromatic heterocycles. The van der Waals surface area contributed by atoms with Crippen molar-refractivity contribution < 1.29 is 19.0 Å². The van der Waals surface area contributed by atoms with Crippen molar-refractivity contribution in [2.45, 2.75) is 20.4 Å². The number of rotatable bonds is 3. The fourth-order valence-electron chi connectivity index (χ4n) is 1.91. The van der Waals surface area contributed by atoms with E-state index in [0.717, 1.165) is 23.4 Å². The standard InChI is InChI=1S/C15H15F2NO2/c1-8-4-14(19)9(2)3-13(8)18-7-10-5-11(16)15(20)12(17)6-10/h3-6,18-20H,7H2,1-2H3. The number of halogens is 2. The SMILES string of the molecule is Cc1cc(NCc2cc(F)c(O)c(F)c2)c(C)cc1O. The van der Waals surface area contributed by atoms with Crippen LogP contribution in [0.1, 0.15) is 16.7 Å². The largest absolute Gasteiger partial charge is 0.508 e. The molecule has 2 rings (SSSR count). The summed E-state index contributed by atoms with van der Waals surface area (Å²) in [6.45, 7) is 3.79. The molecule has 20 heavy (non-hydrogen) atoms. The second-order valence-electron chi connectivity index (χ2n) is 4.72. The Balaban J connectivity index is 2.19. The highest BCUT2D eigenvalue weighted by Gasteiger charge is 2.10. The van der Waals surface area contributed by atoms with Crippen molar-refractivity contribution in [2.24, 2.45) is 0 Å². The Hall–Kier alpha value is -2.30. The first kappa shape index (κ1) is 14.1. The Morgan fingerprint density at radius 1 is 0.950 bits per heavy atom. The first-order chi connectivity index (χ1) is 9.38. The molecule has 0 heterocycles. The predicted octanol–water partition coefficient (Wildman–Crippen LogP) is 3.60. The monoisotopic (exact) mass is 279 g/mol. The van der Waals surface area contributed by atoms with Crippen molar-refractivity contribution in [2.75, 3.05) is 5.32 Å². The Morgan fingerprint density at radius 2 is 1.55 bits per heavy atom. The minimum absolute atomic E-state index is 0.203. The molecule has 0 bridgehead atoms. The Kier molecular flexibility index (Phi) is 3.79. The number of nitrogens with one attached hydrogen (secondary N) is 1. The summed E-state index contributed by atoms with van der Waals surface area (Å²) in [5.74, 6) is -2.74. The highest BCUT2D eigenvalue weighted by molar-refractivity contribution is 5.56. The third-order valence-electron chi connectivity index (χ3n) is 3.10. The average Bonchev–Trinajstić information content (AvgIpc) is 2.38. The zero-order chi connectivity index (χ0) is 14.9. The lowest BCUT2D eigenvalue weighted by Crippen LogP contribution is -2.02. The van der Waals surface area contributed by atoms with Gasteiger partial charge in [-0.25, -0.2) is 8.78 Å². The fourth-order valence-corrected chi connectivity index (χ4v) is 1.91. The van der Waals surface area contributed by atoms with Crippen LogP contribution in [0.25, 0.3) is 0 Å². The van der Waals surface area contributed by atoms with E-state index in [2.05, 4.69) is 5.32 Å². The quantitative estimate of drug-likeness (QED) is 0.752. The molecular weight excluding hydrogens is 264 g/mol. The van der Waals surface area contributed by atoms with Gasteiger partial charge >= 0.3 is 0 Å². The number of hydrogen-bond donors (Lipinski definition) is 3. The van der Waals surface area contributed by atoms with E-state index in [9.17, 15) is 13.9 Å². The van der Waals surface area contributed by atoms with Crippen LogP contribution < -0.4 is 5.32 Å². The Morgan fingerprint density at radius 3 is 2.15 bits per heavy atom. The van der Waals surface area contributed by atoms with Crippen LogP contribution in [0, 0.1) is 25.5 Å². The van der Waals surface area contributed by atoms with Crippen LogP contribution in [0.3, 0.4) is 0 Å². The van der Waals surface area contributed by atoms with Crippen LogP contribution >= 0.6 is 0 Å². The van der Waals surface area contributed by atoms with Crippen molar-refractivity contribution in [3.63, 3.8) is 0 Å². The van der Waals surface area contributed by atoms with E-state index in [1.54, 1.807) is 19.1 Å². The third kappa shape index (κ3) is 2.82. The zero-order valence-corrected chi connectivity index (χ0v) is 11.2. The van der Waals surface area contributed by atoms with E-state index >= 15 is 0 Å². The minimum Gasteiger partial charge on any atom is -0.508 e. The maximum absolute atomic E-state index is 13.2. The highest BCUT2D eigenvalue weighted by atomic mass is 19.1. The fraction of sp³-hybridized carbons (Fsp3) is 0.200. The lowest BCUT2D eigenvalue weighted by atomic mass is 10.1. The molecule has 0 radical (unpaired) electrons. The van der Waals surface area contributed by atoms with Gasteiger partial charge in [-0.15, -0.1) is 0 Å². The van der Waals surface area contributed by atoms with Gasteiger partial charge in [0.25, 0.3) is 0 Å². The van der Waals surface area contributed by atoms with Gasteiger partial charge in [-0.2, -0.15) is 0 Å². The third-order valence-corrected chi connectivity index (χ3v) is 3.10. The Bertz CT molecular complexity index is 634. The molecule has 0 saturated carbocycles. The second-order valence-corrected chi connectivity index (χ2v) is 4.72. The second kappa shape index (κ2) is 5.36. The molecule has 0 spiro atoms. The maximum Gasteiger partial charge on any atom is 0.187 e. The molecule has 0 fully saturated rings. The molecule has 3 N–H and O–H groups in total. The van der Waals surface area contributed by atoms with Gasteiger partial charge < -0.3 is 15.5 Å². The van der Waals surface area contributed by atoms with Crippen LogP contribution in [0.4, 0.5) is 14.5 Å². The van der Waals surface area contributed by atoms with Gasteiger partial charge in [0.2, 0.25) is 0 Å². The van der Waals surface area contributed by atoms with E-state index in [1.165, 1.54) is 0 Å². The van der Waals surface area contributed by atoms with Gasteiger partial charge in [0, 0.05) is 12.2 Å². The van der Waals surface area contributed by atoms with Gasteiger partial charge in [0.1, 0.15) is 5.75 Å². The summed E-state index contributed by atoms with van der Waals surface area (Å²) in [4.78, 5) is 0.